The minimum atomic E-state index is -0.565. The predicted octanol–water partition coefficient (Wildman–Crippen LogP) is 7.16. The number of nitrogens with zero attached hydrogens (tertiary/aromatic N) is 5. The molecule has 0 spiro atoms. The van der Waals surface area contributed by atoms with Gasteiger partial charge < -0.3 is 19.6 Å². The van der Waals surface area contributed by atoms with Crippen molar-refractivity contribution in [3.05, 3.63) is 80.3 Å². The number of rotatable bonds is 9. The van der Waals surface area contributed by atoms with Gasteiger partial charge in [0.05, 0.1) is 6.04 Å². The normalized spacial score (nSPS) is 23.1. The molecule has 3 aliphatic rings. The van der Waals surface area contributed by atoms with Crippen LogP contribution >= 0.6 is 35.0 Å². The van der Waals surface area contributed by atoms with Gasteiger partial charge in [-0.3, -0.25) is 19.4 Å². The first-order valence-corrected chi connectivity index (χ1v) is 17.5. The molecule has 0 aromatic heterocycles. The number of carbonyl (C=O) groups is 3. The number of hydrogen-bond acceptors (Lipinski definition) is 6. The number of aliphatic imine (C=N–C) groups is 1. The molecular weight excluding hydrogens is 641 g/mol. The molecule has 3 heterocycles. The number of amides is 3. The molecule has 0 aliphatic carbocycles. The molecule has 2 aromatic carbocycles. The van der Waals surface area contributed by atoms with Crippen molar-refractivity contribution in [1.82, 2.24) is 19.6 Å². The summed E-state index contributed by atoms with van der Waals surface area (Å²) in [5.74, 6) is -0.251. The van der Waals surface area contributed by atoms with Crippen molar-refractivity contribution in [2.75, 3.05) is 20.6 Å². The number of amidine groups is 1. The summed E-state index contributed by atoms with van der Waals surface area (Å²) in [6, 6.07) is 14.5. The highest BCUT2D eigenvalue weighted by Crippen LogP contribution is 2.54. The zero-order valence-corrected chi connectivity index (χ0v) is 29.9. The largest absolute Gasteiger partial charge is 0.342 e. The van der Waals surface area contributed by atoms with E-state index in [2.05, 4.69) is 25.7 Å². The lowest BCUT2D eigenvalue weighted by Crippen LogP contribution is -2.52. The van der Waals surface area contributed by atoms with Crippen LogP contribution in [0.3, 0.4) is 0 Å². The van der Waals surface area contributed by atoms with E-state index in [-0.39, 0.29) is 47.8 Å². The Balaban J connectivity index is 1.50. The lowest BCUT2D eigenvalue weighted by molar-refractivity contribution is -0.143. The number of carbonyl (C=O) groups excluding carboxylic acids is 3. The quantitative estimate of drug-likeness (QED) is 0.281. The number of likely N-dealkylation sites (N-methyl/N-ethyl adjacent to an activating group) is 2. The molecule has 5 rings (SSSR count). The molecule has 46 heavy (non-hydrogen) atoms. The Morgan fingerprint density at radius 2 is 1.54 bits per heavy atom. The van der Waals surface area contributed by atoms with Crippen LogP contribution < -0.4 is 0 Å². The van der Waals surface area contributed by atoms with E-state index in [4.69, 9.17) is 28.2 Å². The molecule has 0 N–H and O–H groups in total. The first-order valence-electron chi connectivity index (χ1n) is 15.9. The van der Waals surface area contributed by atoms with E-state index in [0.717, 1.165) is 34.8 Å². The lowest BCUT2D eigenvalue weighted by atomic mass is 9.92. The second-order valence-corrected chi connectivity index (χ2v) is 14.7. The van der Waals surface area contributed by atoms with Gasteiger partial charge >= 0.3 is 0 Å². The van der Waals surface area contributed by atoms with Gasteiger partial charge in [-0.05, 0) is 79.3 Å². The van der Waals surface area contributed by atoms with E-state index in [1.165, 1.54) is 18.7 Å². The topological polar surface area (TPSA) is 76.5 Å². The Bertz CT molecular complexity index is 1540. The fourth-order valence-electron chi connectivity index (χ4n) is 6.82. The van der Waals surface area contributed by atoms with Crippen LogP contribution in [-0.4, -0.2) is 81.3 Å². The fraction of sp³-hybridized carbons (Fsp3) is 0.486. The van der Waals surface area contributed by atoms with Gasteiger partial charge in [-0.15, -0.1) is 0 Å². The summed E-state index contributed by atoms with van der Waals surface area (Å²) in [5, 5.41) is 2.09. The van der Waals surface area contributed by atoms with Crippen LogP contribution in [0.5, 0.6) is 0 Å². The van der Waals surface area contributed by atoms with E-state index >= 15 is 0 Å². The third-order valence-electron chi connectivity index (χ3n) is 9.45. The molecule has 0 unspecified atom stereocenters. The summed E-state index contributed by atoms with van der Waals surface area (Å²) in [6.45, 7) is 10.1. The molecule has 0 bridgehead atoms. The highest BCUT2D eigenvalue weighted by molar-refractivity contribution is 8.18. The molecular formula is C35H43Cl2N5O3S. The molecule has 1 fully saturated rings. The minimum Gasteiger partial charge on any atom is -0.342 e. The molecule has 0 radical (unpaired) electrons. The van der Waals surface area contributed by atoms with E-state index in [1.807, 2.05) is 60.4 Å². The van der Waals surface area contributed by atoms with E-state index < -0.39 is 6.04 Å². The van der Waals surface area contributed by atoms with Crippen LogP contribution in [-0.2, 0) is 14.4 Å². The average Bonchev–Trinajstić information content (AvgIpc) is 3.72. The average molecular weight is 685 g/mol. The third-order valence-corrected chi connectivity index (χ3v) is 11.0. The van der Waals surface area contributed by atoms with Crippen LogP contribution in [0.4, 0.5) is 0 Å². The zero-order chi connectivity index (χ0) is 33.4. The Hall–Kier alpha value is -3.01. The standard InChI is InChI=1S/C35H43Cl2N5O3S/c1-8-27-17-18-28(33(44)39(6)19-21(4)40(7)22(5)43)41(27)34(45)32-30(20(2)3)42-31(24-11-15-26(37)16-12-24)29(38-35(42)46-32)23-9-13-25(36)14-10-23/h9-16,20-21,27-29,31H,8,17-19H2,1-7H3/t21-,27+,28-,29-,31+/m0/s1. The summed E-state index contributed by atoms with van der Waals surface area (Å²) in [4.78, 5) is 53.7. The summed E-state index contributed by atoms with van der Waals surface area (Å²) < 4.78 is 0. The van der Waals surface area contributed by atoms with Gasteiger partial charge in [-0.25, -0.2) is 0 Å². The number of hydrogen-bond donors (Lipinski definition) is 0. The predicted molar refractivity (Wildman–Crippen MR) is 187 cm³/mol. The summed E-state index contributed by atoms with van der Waals surface area (Å²) in [5.41, 5.74) is 3.00. The van der Waals surface area contributed by atoms with Crippen molar-refractivity contribution < 1.29 is 14.4 Å². The second-order valence-electron chi connectivity index (χ2n) is 12.8. The summed E-state index contributed by atoms with van der Waals surface area (Å²) in [6.07, 6.45) is 2.13. The van der Waals surface area contributed by atoms with Crippen molar-refractivity contribution >= 4 is 57.9 Å². The molecule has 11 heteroatoms. The molecule has 5 atom stereocenters. The minimum absolute atomic E-state index is 0.0143. The summed E-state index contributed by atoms with van der Waals surface area (Å²) >= 11 is 13.9. The number of halogens is 2. The smallest absolute Gasteiger partial charge is 0.263 e. The van der Waals surface area contributed by atoms with Gasteiger partial charge in [0.15, 0.2) is 5.17 Å². The third kappa shape index (κ3) is 6.56. The van der Waals surface area contributed by atoms with Crippen LogP contribution in [0.1, 0.15) is 77.1 Å². The maximum Gasteiger partial charge on any atom is 0.263 e. The Morgan fingerprint density at radius 3 is 2.09 bits per heavy atom. The highest BCUT2D eigenvalue weighted by Gasteiger charge is 2.50. The van der Waals surface area contributed by atoms with Crippen molar-refractivity contribution in [2.45, 2.75) is 84.1 Å². The van der Waals surface area contributed by atoms with Crippen molar-refractivity contribution in [1.29, 1.82) is 0 Å². The van der Waals surface area contributed by atoms with E-state index in [1.54, 1.807) is 23.9 Å². The first kappa shape index (κ1) is 34.3. The van der Waals surface area contributed by atoms with Crippen LogP contribution in [0.25, 0.3) is 0 Å². The number of thioether (sulfide) groups is 1. The van der Waals surface area contributed by atoms with Crippen LogP contribution in [0.2, 0.25) is 10.0 Å². The van der Waals surface area contributed by atoms with Gasteiger partial charge in [0.25, 0.3) is 5.91 Å². The van der Waals surface area contributed by atoms with Crippen molar-refractivity contribution in [3.63, 3.8) is 0 Å². The SMILES string of the molecule is CC[C@@H]1CC[C@@H](C(=O)N(C)C[C@H](C)N(C)C(C)=O)N1C(=O)C1=C(C(C)C)N2C(=N[C@@H](c3ccc(Cl)cc3)[C@H]2c2ccc(Cl)cc2)S1. The lowest BCUT2D eigenvalue weighted by Gasteiger charge is -2.35. The monoisotopic (exact) mass is 683 g/mol. The van der Waals surface area contributed by atoms with Gasteiger partial charge in [0.1, 0.15) is 17.0 Å². The van der Waals surface area contributed by atoms with Gasteiger partial charge in [0.2, 0.25) is 11.8 Å². The first-order chi connectivity index (χ1) is 21.8. The Labute approximate surface area is 286 Å². The second kappa shape index (κ2) is 14.0. The summed E-state index contributed by atoms with van der Waals surface area (Å²) in [7, 11) is 3.50. The van der Waals surface area contributed by atoms with E-state index in [0.29, 0.717) is 27.9 Å². The number of fused-ring (bicyclic) bond motifs is 1. The van der Waals surface area contributed by atoms with Crippen LogP contribution in [0, 0.1) is 5.92 Å². The van der Waals surface area contributed by atoms with Gasteiger partial charge in [0, 0.05) is 55.4 Å². The Kier molecular flexibility index (Phi) is 10.4. The molecule has 1 saturated heterocycles. The Morgan fingerprint density at radius 1 is 0.957 bits per heavy atom. The number of benzene rings is 2. The van der Waals surface area contributed by atoms with E-state index in [9.17, 15) is 14.4 Å². The van der Waals surface area contributed by atoms with Crippen molar-refractivity contribution in [2.24, 2.45) is 10.9 Å². The van der Waals surface area contributed by atoms with Crippen LogP contribution in [0.15, 0.2) is 64.1 Å². The molecule has 2 aromatic rings. The van der Waals surface area contributed by atoms with Crippen molar-refractivity contribution in [3.8, 4) is 0 Å². The molecule has 3 amide bonds. The highest BCUT2D eigenvalue weighted by atomic mass is 35.5. The maximum atomic E-state index is 14.7. The zero-order valence-electron chi connectivity index (χ0n) is 27.5. The molecule has 246 valence electrons. The number of allylic oxidation sites excluding steroid dienone is 1. The number of likely N-dealkylation sites (tertiary alicyclic amines) is 1. The molecule has 8 nitrogen and oxygen atoms in total. The van der Waals surface area contributed by atoms with Gasteiger partial charge in [-0.1, -0.05) is 68.2 Å². The maximum absolute atomic E-state index is 14.7. The molecule has 3 aliphatic heterocycles. The molecule has 0 saturated carbocycles. The fourth-order valence-corrected chi connectivity index (χ4v) is 8.36. The van der Waals surface area contributed by atoms with Gasteiger partial charge in [-0.2, -0.15) is 0 Å².